The number of piperidine rings is 1. The van der Waals surface area contributed by atoms with Crippen molar-refractivity contribution in [3.8, 4) is 0 Å². The molecule has 28 heavy (non-hydrogen) atoms. The van der Waals surface area contributed by atoms with E-state index in [2.05, 4.69) is 11.9 Å². The number of nitro groups is 1. The second-order valence-electron chi connectivity index (χ2n) is 6.94. The molecule has 1 aliphatic rings. The van der Waals surface area contributed by atoms with Crippen LogP contribution in [0.25, 0.3) is 0 Å². The summed E-state index contributed by atoms with van der Waals surface area (Å²) in [5.41, 5.74) is 7.77. The molecule has 2 N–H and O–H groups in total. The molecule has 1 aliphatic heterocycles. The van der Waals surface area contributed by atoms with Crippen molar-refractivity contribution >= 4 is 40.2 Å². The molecule has 1 fully saturated rings. The van der Waals surface area contributed by atoms with Gasteiger partial charge in [-0.05, 0) is 69.5 Å². The number of benzene rings is 2. The van der Waals surface area contributed by atoms with Gasteiger partial charge in [0.1, 0.15) is 0 Å². The van der Waals surface area contributed by atoms with E-state index in [9.17, 15) is 14.9 Å². The lowest BCUT2D eigenvalue weighted by Gasteiger charge is -2.28. The maximum atomic E-state index is 12.9. The number of rotatable bonds is 5. The van der Waals surface area contributed by atoms with Crippen molar-refractivity contribution in [3.63, 3.8) is 0 Å². The van der Waals surface area contributed by atoms with Gasteiger partial charge in [-0.3, -0.25) is 19.8 Å². The van der Waals surface area contributed by atoms with Crippen molar-refractivity contribution in [2.45, 2.75) is 12.8 Å². The fourth-order valence-electron chi connectivity index (χ4n) is 3.43. The number of hydrogen-bond acceptors (Lipinski definition) is 5. The molecule has 2 aromatic rings. The third kappa shape index (κ3) is 4.35. The molecule has 1 heterocycles. The summed E-state index contributed by atoms with van der Waals surface area (Å²) < 4.78 is 0. The summed E-state index contributed by atoms with van der Waals surface area (Å²) in [6, 6.07) is 13.2. The Morgan fingerprint density at radius 3 is 2.39 bits per heavy atom. The number of carbonyl (C=O) groups is 1. The Kier molecular flexibility index (Phi) is 6.01. The second-order valence-corrected chi connectivity index (χ2v) is 7.36. The van der Waals surface area contributed by atoms with Crippen LogP contribution in [0, 0.1) is 16.0 Å². The minimum absolute atomic E-state index is 0.0159. The number of nitro benzene ring substituents is 1. The summed E-state index contributed by atoms with van der Waals surface area (Å²) in [5.74, 6) is 0.144. The second kappa shape index (κ2) is 8.45. The highest BCUT2D eigenvalue weighted by molar-refractivity contribution is 7.80. The van der Waals surface area contributed by atoms with Crippen LogP contribution in [-0.4, -0.2) is 40.9 Å². The fraction of sp³-hybridized carbons (Fsp3) is 0.300. The molecule has 0 amide bonds. The molecule has 7 nitrogen and oxygen atoms in total. The molecule has 0 aromatic heterocycles. The number of nitrogens with two attached hydrogens (primary N) is 1. The third-order valence-electron chi connectivity index (χ3n) is 5.02. The van der Waals surface area contributed by atoms with Gasteiger partial charge >= 0.3 is 0 Å². The minimum Gasteiger partial charge on any atom is -0.376 e. The molecule has 0 radical (unpaired) electrons. The summed E-state index contributed by atoms with van der Waals surface area (Å²) >= 11 is 5.19. The van der Waals surface area contributed by atoms with Crippen molar-refractivity contribution in [2.75, 3.05) is 25.0 Å². The van der Waals surface area contributed by atoms with Gasteiger partial charge in [0, 0.05) is 35.0 Å². The number of ketones is 1. The molecule has 1 saturated heterocycles. The van der Waals surface area contributed by atoms with Crippen LogP contribution in [0.3, 0.4) is 0 Å². The smallest absolute Gasteiger partial charge is 0.269 e. The Bertz CT molecular complexity index is 893. The summed E-state index contributed by atoms with van der Waals surface area (Å²) in [6.45, 7) is 1.83. The van der Waals surface area contributed by atoms with Gasteiger partial charge in [-0.25, -0.2) is 0 Å². The molecular formula is C20H22N4O3S. The maximum Gasteiger partial charge on any atom is 0.269 e. The van der Waals surface area contributed by atoms with Gasteiger partial charge in [-0.1, -0.05) is 12.1 Å². The highest BCUT2D eigenvalue weighted by Gasteiger charge is 2.25. The van der Waals surface area contributed by atoms with Gasteiger partial charge in [0.25, 0.3) is 5.69 Å². The van der Waals surface area contributed by atoms with Crippen molar-refractivity contribution in [1.29, 1.82) is 0 Å². The topological polar surface area (TPSA) is 92.7 Å². The van der Waals surface area contributed by atoms with Crippen LogP contribution >= 0.6 is 12.2 Å². The predicted molar refractivity (Wildman–Crippen MR) is 113 cm³/mol. The number of likely N-dealkylation sites (tertiary alicyclic amines) is 1. The Labute approximate surface area is 168 Å². The summed E-state index contributed by atoms with van der Waals surface area (Å²) in [5, 5.41) is 11.0. The van der Waals surface area contributed by atoms with Crippen LogP contribution in [0.2, 0.25) is 0 Å². The van der Waals surface area contributed by atoms with E-state index in [0.717, 1.165) is 25.9 Å². The van der Waals surface area contributed by atoms with Gasteiger partial charge in [-0.15, -0.1) is 0 Å². The number of hydrogen-bond donors (Lipinski definition) is 1. The zero-order chi connectivity index (χ0) is 20.3. The Balaban J connectivity index is 1.88. The molecule has 0 unspecified atom stereocenters. The first kappa shape index (κ1) is 19.9. The highest BCUT2D eigenvalue weighted by Crippen LogP contribution is 2.29. The van der Waals surface area contributed by atoms with Gasteiger partial charge < -0.3 is 10.6 Å². The molecule has 0 aliphatic carbocycles. The van der Waals surface area contributed by atoms with Crippen LogP contribution in [0.5, 0.6) is 0 Å². The molecule has 0 spiro atoms. The van der Waals surface area contributed by atoms with Crippen LogP contribution in [-0.2, 0) is 0 Å². The molecule has 8 heteroatoms. The monoisotopic (exact) mass is 398 g/mol. The van der Waals surface area contributed by atoms with E-state index in [0.29, 0.717) is 16.9 Å². The molecule has 0 saturated carbocycles. The zero-order valence-corrected chi connectivity index (χ0v) is 16.4. The van der Waals surface area contributed by atoms with E-state index >= 15 is 0 Å². The minimum atomic E-state index is -0.463. The zero-order valence-electron chi connectivity index (χ0n) is 15.6. The SMILES string of the molecule is CN1CCC(C(=O)c2cccc(N(C(N)=S)c3ccc([N+](=O)[O-])cc3)c2)CC1. The molecule has 0 bridgehead atoms. The molecule has 0 atom stereocenters. The van der Waals surface area contributed by atoms with Crippen LogP contribution in [0.4, 0.5) is 17.1 Å². The van der Waals surface area contributed by atoms with E-state index in [1.165, 1.54) is 12.1 Å². The van der Waals surface area contributed by atoms with Crippen molar-refractivity contribution in [1.82, 2.24) is 4.90 Å². The summed E-state index contributed by atoms with van der Waals surface area (Å²) in [7, 11) is 2.06. The van der Waals surface area contributed by atoms with Crippen LogP contribution in [0.15, 0.2) is 48.5 Å². The summed E-state index contributed by atoms with van der Waals surface area (Å²) in [6.07, 6.45) is 1.70. The van der Waals surface area contributed by atoms with Crippen LogP contribution < -0.4 is 10.6 Å². The fourth-order valence-corrected chi connectivity index (χ4v) is 3.64. The number of Topliss-reactive ketones (excluding diaryl/α,β-unsaturated/α-hetero) is 1. The van der Waals surface area contributed by atoms with E-state index in [1.807, 2.05) is 6.07 Å². The third-order valence-corrected chi connectivity index (χ3v) is 5.20. The van der Waals surface area contributed by atoms with Crippen molar-refractivity contribution < 1.29 is 9.72 Å². The van der Waals surface area contributed by atoms with Crippen molar-refractivity contribution in [3.05, 3.63) is 64.2 Å². The Morgan fingerprint density at radius 1 is 1.18 bits per heavy atom. The predicted octanol–water partition coefficient (Wildman–Crippen LogP) is 3.50. The summed E-state index contributed by atoms with van der Waals surface area (Å²) in [4.78, 5) is 27.2. The van der Waals surface area contributed by atoms with E-state index in [1.54, 1.807) is 35.2 Å². The van der Waals surface area contributed by atoms with Crippen molar-refractivity contribution in [2.24, 2.45) is 11.7 Å². The first-order valence-electron chi connectivity index (χ1n) is 9.03. The van der Waals surface area contributed by atoms with E-state index in [4.69, 9.17) is 18.0 Å². The lowest BCUT2D eigenvalue weighted by molar-refractivity contribution is -0.384. The average molecular weight is 398 g/mol. The largest absolute Gasteiger partial charge is 0.376 e. The number of nitrogens with zero attached hydrogens (tertiary/aromatic N) is 3. The van der Waals surface area contributed by atoms with Gasteiger partial charge in [0.15, 0.2) is 10.9 Å². The highest BCUT2D eigenvalue weighted by atomic mass is 32.1. The molecule has 2 aromatic carbocycles. The average Bonchev–Trinajstić information content (AvgIpc) is 2.68. The number of non-ortho nitro benzene ring substituents is 1. The molecular weight excluding hydrogens is 376 g/mol. The number of anilines is 2. The Hall–Kier alpha value is -2.84. The normalized spacial score (nSPS) is 15.2. The van der Waals surface area contributed by atoms with Gasteiger partial charge in [-0.2, -0.15) is 0 Å². The first-order chi connectivity index (χ1) is 13.4. The van der Waals surface area contributed by atoms with E-state index in [-0.39, 0.29) is 22.5 Å². The van der Waals surface area contributed by atoms with Gasteiger partial charge in [0.2, 0.25) is 0 Å². The molecule has 146 valence electrons. The van der Waals surface area contributed by atoms with Crippen LogP contribution in [0.1, 0.15) is 23.2 Å². The number of thiocarbonyl (C=S) groups is 1. The standard InChI is InChI=1S/C20H22N4O3S/c1-22-11-9-14(10-12-22)19(25)15-3-2-4-18(13-15)23(20(21)28)16-5-7-17(8-6-16)24(26)27/h2-8,13-14H,9-12H2,1H3,(H2,21,28). The first-order valence-corrected chi connectivity index (χ1v) is 9.44. The van der Waals surface area contributed by atoms with Gasteiger partial charge in [0.05, 0.1) is 4.92 Å². The quantitative estimate of drug-likeness (QED) is 0.357. The lowest BCUT2D eigenvalue weighted by Crippen LogP contribution is -2.34. The maximum absolute atomic E-state index is 12.9. The van der Waals surface area contributed by atoms with E-state index < -0.39 is 4.92 Å². The number of carbonyl (C=O) groups excluding carboxylic acids is 1. The molecule has 3 rings (SSSR count). The Morgan fingerprint density at radius 2 is 1.82 bits per heavy atom. The lowest BCUT2D eigenvalue weighted by atomic mass is 9.89.